The smallest absolute Gasteiger partial charge is 0.223 e. The highest BCUT2D eigenvalue weighted by Gasteiger charge is 2.06. The van der Waals surface area contributed by atoms with E-state index in [1.54, 1.807) is 12.3 Å². The van der Waals surface area contributed by atoms with Gasteiger partial charge in [0.15, 0.2) is 5.75 Å². The van der Waals surface area contributed by atoms with Gasteiger partial charge >= 0.3 is 0 Å². The van der Waals surface area contributed by atoms with E-state index >= 15 is 0 Å². The van der Waals surface area contributed by atoms with Crippen LogP contribution in [-0.4, -0.2) is 4.57 Å². The minimum atomic E-state index is -0.127. The minimum Gasteiger partial charge on any atom is -0.483 e. The molecule has 0 saturated carbocycles. The molecule has 0 amide bonds. The monoisotopic (exact) mass is 291 g/mol. The van der Waals surface area contributed by atoms with Gasteiger partial charge in [-0.1, -0.05) is 29.8 Å². The summed E-state index contributed by atoms with van der Waals surface area (Å²) in [7, 11) is 0. The van der Waals surface area contributed by atoms with Crippen LogP contribution < -0.4 is 10.2 Å². The lowest BCUT2D eigenvalue weighted by Crippen LogP contribution is -2.14. The highest BCUT2D eigenvalue weighted by Crippen LogP contribution is 2.12. The summed E-state index contributed by atoms with van der Waals surface area (Å²) in [5, 5.41) is 0. The zero-order valence-electron chi connectivity index (χ0n) is 11.7. The van der Waals surface area contributed by atoms with Crippen LogP contribution in [0.25, 0.3) is 0 Å². The Morgan fingerprint density at radius 3 is 2.55 bits per heavy atom. The van der Waals surface area contributed by atoms with E-state index in [1.165, 1.54) is 5.56 Å². The third-order valence-corrected chi connectivity index (χ3v) is 3.45. The van der Waals surface area contributed by atoms with Crippen molar-refractivity contribution in [2.75, 3.05) is 0 Å². The van der Waals surface area contributed by atoms with Gasteiger partial charge in [-0.2, -0.15) is 0 Å². The Bertz CT molecular complexity index is 632. The van der Waals surface area contributed by atoms with Gasteiger partial charge < -0.3 is 9.30 Å². The molecule has 0 aliphatic carbocycles. The number of nitrogens with zero attached hydrogens (tertiary/aromatic N) is 1. The lowest BCUT2D eigenvalue weighted by atomic mass is 10.2. The molecule has 3 nitrogen and oxygen atoms in total. The van der Waals surface area contributed by atoms with Crippen molar-refractivity contribution in [3.05, 3.63) is 63.6 Å². The molecule has 1 aromatic heterocycles. The van der Waals surface area contributed by atoms with E-state index in [-0.39, 0.29) is 5.43 Å². The molecule has 1 heterocycles. The number of pyridine rings is 1. The normalized spacial score (nSPS) is 10.6. The first-order valence-electron chi connectivity index (χ1n) is 6.61. The van der Waals surface area contributed by atoms with Crippen LogP contribution in [0.5, 0.6) is 5.75 Å². The van der Waals surface area contributed by atoms with Gasteiger partial charge in [0.05, 0.1) is 12.1 Å². The zero-order chi connectivity index (χ0) is 14.5. The van der Waals surface area contributed by atoms with Crippen LogP contribution in [0.4, 0.5) is 0 Å². The Labute approximate surface area is 123 Å². The van der Waals surface area contributed by atoms with Crippen LogP contribution in [0.15, 0.2) is 41.3 Å². The second-order valence-corrected chi connectivity index (χ2v) is 4.95. The lowest BCUT2D eigenvalue weighted by molar-refractivity contribution is 0.300. The Hall–Kier alpha value is -1.74. The third-order valence-electron chi connectivity index (χ3n) is 3.18. The average Bonchev–Trinajstić information content (AvgIpc) is 2.47. The van der Waals surface area contributed by atoms with Crippen molar-refractivity contribution in [1.29, 1.82) is 0 Å². The first-order valence-corrected chi connectivity index (χ1v) is 7.15. The maximum Gasteiger partial charge on any atom is 0.223 e. The van der Waals surface area contributed by atoms with Gasteiger partial charge in [-0.25, -0.2) is 0 Å². The van der Waals surface area contributed by atoms with Crippen LogP contribution in [0.1, 0.15) is 23.7 Å². The van der Waals surface area contributed by atoms with Gasteiger partial charge in [0, 0.05) is 18.3 Å². The summed E-state index contributed by atoms with van der Waals surface area (Å²) in [5.41, 5.74) is 2.92. The molecule has 0 aliphatic heterocycles. The highest BCUT2D eigenvalue weighted by atomic mass is 35.5. The number of halogens is 1. The van der Waals surface area contributed by atoms with Gasteiger partial charge in [0.25, 0.3) is 0 Å². The van der Waals surface area contributed by atoms with Crippen molar-refractivity contribution in [2.24, 2.45) is 0 Å². The number of hydrogen-bond acceptors (Lipinski definition) is 2. The summed E-state index contributed by atoms with van der Waals surface area (Å²) >= 11 is 5.82. The maximum atomic E-state index is 11.9. The summed E-state index contributed by atoms with van der Waals surface area (Å²) in [4.78, 5) is 11.9. The average molecular weight is 292 g/mol. The molecule has 0 aliphatic rings. The zero-order valence-corrected chi connectivity index (χ0v) is 12.5. The largest absolute Gasteiger partial charge is 0.483 e. The van der Waals surface area contributed by atoms with Gasteiger partial charge in [-0.3, -0.25) is 4.79 Å². The number of hydrogen-bond donors (Lipinski definition) is 0. The molecule has 0 saturated heterocycles. The third kappa shape index (κ3) is 3.42. The number of alkyl halides is 1. The summed E-state index contributed by atoms with van der Waals surface area (Å²) in [6, 6.07) is 9.60. The van der Waals surface area contributed by atoms with E-state index in [2.05, 4.69) is 0 Å². The first-order chi connectivity index (χ1) is 9.63. The van der Waals surface area contributed by atoms with Crippen molar-refractivity contribution in [2.45, 2.75) is 32.9 Å². The van der Waals surface area contributed by atoms with Gasteiger partial charge in [-0.15, -0.1) is 11.6 Å². The maximum absolute atomic E-state index is 11.9. The van der Waals surface area contributed by atoms with Crippen molar-refractivity contribution >= 4 is 11.6 Å². The van der Waals surface area contributed by atoms with Crippen LogP contribution in [-0.2, 0) is 19.0 Å². The molecule has 4 heteroatoms. The van der Waals surface area contributed by atoms with E-state index in [4.69, 9.17) is 16.3 Å². The predicted molar refractivity (Wildman–Crippen MR) is 81.4 cm³/mol. The van der Waals surface area contributed by atoms with E-state index in [9.17, 15) is 4.79 Å². The molecule has 1 aromatic carbocycles. The van der Waals surface area contributed by atoms with Crippen molar-refractivity contribution in [3.8, 4) is 5.75 Å². The van der Waals surface area contributed by atoms with Crippen molar-refractivity contribution < 1.29 is 4.74 Å². The number of benzene rings is 1. The molecule has 0 bridgehead atoms. The van der Waals surface area contributed by atoms with Crippen molar-refractivity contribution in [3.63, 3.8) is 0 Å². The van der Waals surface area contributed by atoms with E-state index in [1.807, 2.05) is 42.7 Å². The number of ether oxygens (including phenoxy) is 1. The number of aryl methyl sites for hydroxylation is 2. The number of rotatable bonds is 5. The van der Waals surface area contributed by atoms with E-state index < -0.39 is 0 Å². The molecule has 0 unspecified atom stereocenters. The van der Waals surface area contributed by atoms with Crippen LogP contribution in [0.3, 0.4) is 0 Å². The molecule has 0 spiro atoms. The highest BCUT2D eigenvalue weighted by molar-refractivity contribution is 6.16. The summed E-state index contributed by atoms with van der Waals surface area (Å²) in [6.07, 6.45) is 1.73. The summed E-state index contributed by atoms with van der Waals surface area (Å²) in [5.74, 6) is 0.683. The fraction of sp³-hybridized carbons (Fsp3) is 0.312. The lowest BCUT2D eigenvalue weighted by Gasteiger charge is -2.12. The predicted octanol–water partition coefficient (Wildman–Crippen LogP) is 3.49. The standard InChI is InChI=1S/C16H18ClNO2/c1-3-18-10-16(15(19)8-14(18)9-17)20-11-13-6-4-12(2)5-7-13/h4-8,10H,3,9,11H2,1-2H3. The minimum absolute atomic E-state index is 0.127. The molecular formula is C16H18ClNO2. The fourth-order valence-corrected chi connectivity index (χ4v) is 2.19. The molecule has 2 aromatic rings. The van der Waals surface area contributed by atoms with Gasteiger partial charge in [-0.05, 0) is 19.4 Å². The molecule has 20 heavy (non-hydrogen) atoms. The quantitative estimate of drug-likeness (QED) is 0.790. The van der Waals surface area contributed by atoms with Crippen LogP contribution in [0, 0.1) is 6.92 Å². The summed E-state index contributed by atoms with van der Waals surface area (Å²) in [6.45, 7) is 5.18. The first kappa shape index (κ1) is 14.7. The Morgan fingerprint density at radius 2 is 1.95 bits per heavy atom. The Morgan fingerprint density at radius 1 is 1.25 bits per heavy atom. The molecular weight excluding hydrogens is 274 g/mol. The molecule has 2 rings (SSSR count). The Kier molecular flexibility index (Phi) is 4.85. The second-order valence-electron chi connectivity index (χ2n) is 4.69. The van der Waals surface area contributed by atoms with Crippen LogP contribution in [0.2, 0.25) is 0 Å². The molecule has 106 valence electrons. The summed E-state index contributed by atoms with van der Waals surface area (Å²) < 4.78 is 7.56. The van der Waals surface area contributed by atoms with Gasteiger partial charge in [0.1, 0.15) is 6.61 Å². The van der Waals surface area contributed by atoms with E-state index in [0.717, 1.165) is 17.8 Å². The van der Waals surface area contributed by atoms with Crippen LogP contribution >= 0.6 is 11.6 Å². The molecule has 0 radical (unpaired) electrons. The molecule has 0 fully saturated rings. The topological polar surface area (TPSA) is 31.2 Å². The Balaban J connectivity index is 2.17. The van der Waals surface area contributed by atoms with Crippen molar-refractivity contribution in [1.82, 2.24) is 4.57 Å². The van der Waals surface area contributed by atoms with Gasteiger partial charge in [0.2, 0.25) is 5.43 Å². The number of aromatic nitrogens is 1. The second kappa shape index (κ2) is 6.62. The molecule has 0 N–H and O–H groups in total. The SMILES string of the molecule is CCn1cc(OCc2ccc(C)cc2)c(=O)cc1CCl. The molecule has 0 atom stereocenters. The van der Waals surface area contributed by atoms with E-state index in [0.29, 0.717) is 18.2 Å². The fourth-order valence-electron chi connectivity index (χ4n) is 1.96.